The van der Waals surface area contributed by atoms with Gasteiger partial charge in [0.15, 0.2) is 0 Å². The first-order chi connectivity index (χ1) is 8.41. The van der Waals surface area contributed by atoms with Gasteiger partial charge in [-0.05, 0) is 35.8 Å². The van der Waals surface area contributed by atoms with E-state index in [4.69, 9.17) is 17.3 Å². The molecular formula is C12H11BrClFN2S. The molecule has 0 aliphatic rings. The van der Waals surface area contributed by atoms with Crippen molar-refractivity contribution in [3.8, 4) is 0 Å². The van der Waals surface area contributed by atoms with E-state index in [1.54, 1.807) is 12.1 Å². The van der Waals surface area contributed by atoms with E-state index in [0.29, 0.717) is 10.0 Å². The van der Waals surface area contributed by atoms with E-state index >= 15 is 0 Å². The lowest BCUT2D eigenvalue weighted by Gasteiger charge is -2.13. The fourth-order valence-electron chi connectivity index (χ4n) is 1.76. The molecule has 0 saturated carbocycles. The van der Waals surface area contributed by atoms with Gasteiger partial charge in [-0.3, -0.25) is 0 Å². The van der Waals surface area contributed by atoms with Crippen LogP contribution in [-0.2, 0) is 0 Å². The van der Waals surface area contributed by atoms with Gasteiger partial charge in [-0.25, -0.2) is 9.37 Å². The van der Waals surface area contributed by atoms with Crippen LogP contribution in [0.5, 0.6) is 0 Å². The van der Waals surface area contributed by atoms with Crippen LogP contribution in [0.4, 0.5) is 4.39 Å². The summed E-state index contributed by atoms with van der Waals surface area (Å²) in [7, 11) is 0. The minimum atomic E-state index is -0.540. The molecule has 1 heterocycles. The molecule has 2 aromatic rings. The Hall–Kier alpha value is -0.490. The number of nitrogens with zero attached hydrogens (tertiary/aromatic N) is 1. The summed E-state index contributed by atoms with van der Waals surface area (Å²) in [6, 6.07) is 2.80. The van der Waals surface area contributed by atoms with Crippen LogP contribution >= 0.6 is 38.9 Å². The molecule has 0 aliphatic carbocycles. The van der Waals surface area contributed by atoms with E-state index in [-0.39, 0.29) is 5.02 Å². The van der Waals surface area contributed by atoms with Crippen molar-refractivity contribution in [2.45, 2.75) is 19.9 Å². The molecular weight excluding hydrogens is 339 g/mol. The zero-order valence-corrected chi connectivity index (χ0v) is 13.0. The Morgan fingerprint density at radius 1 is 1.44 bits per heavy atom. The van der Waals surface area contributed by atoms with Crippen LogP contribution in [0.25, 0.3) is 0 Å². The summed E-state index contributed by atoms with van der Waals surface area (Å²) in [5.74, 6) is -0.482. The van der Waals surface area contributed by atoms with E-state index in [2.05, 4.69) is 20.9 Å². The molecule has 0 saturated heterocycles. The fourth-order valence-corrected chi connectivity index (χ4v) is 3.18. The molecule has 1 atom stereocenters. The van der Waals surface area contributed by atoms with Crippen LogP contribution in [-0.4, -0.2) is 4.98 Å². The first kappa shape index (κ1) is 13.9. The van der Waals surface area contributed by atoms with Crippen molar-refractivity contribution >= 4 is 38.9 Å². The Bertz CT molecular complexity index is 600. The van der Waals surface area contributed by atoms with Crippen molar-refractivity contribution in [2.24, 2.45) is 5.73 Å². The van der Waals surface area contributed by atoms with Crippen molar-refractivity contribution in [3.05, 3.63) is 48.6 Å². The Kier molecular flexibility index (Phi) is 4.06. The van der Waals surface area contributed by atoms with Crippen LogP contribution in [0.3, 0.4) is 0 Å². The summed E-state index contributed by atoms with van der Waals surface area (Å²) in [5, 5.41) is 0.975. The Balaban J connectivity index is 2.49. The minimum absolute atomic E-state index is 0.0573. The lowest BCUT2D eigenvalue weighted by Crippen LogP contribution is -2.13. The summed E-state index contributed by atoms with van der Waals surface area (Å²) in [4.78, 5) is 5.17. The second-order valence-corrected chi connectivity index (χ2v) is 6.39. The quantitative estimate of drug-likeness (QED) is 0.818. The standard InChI is InChI=1S/C12H11BrClFN2S/c1-5-12(18-6(2)17-5)11(16)7-3-4-8(13)9(14)10(7)15/h3-4,11H,16H2,1-2H3. The molecule has 2 nitrogen and oxygen atoms in total. The Labute approximate surface area is 122 Å². The number of halogens is 3. The van der Waals surface area contributed by atoms with Gasteiger partial charge < -0.3 is 5.73 Å². The number of aryl methyl sites for hydroxylation is 2. The van der Waals surface area contributed by atoms with Crippen molar-refractivity contribution in [1.82, 2.24) is 4.98 Å². The van der Waals surface area contributed by atoms with Gasteiger partial charge in [0.1, 0.15) is 5.82 Å². The predicted molar refractivity (Wildman–Crippen MR) is 76.7 cm³/mol. The fraction of sp³-hybridized carbons (Fsp3) is 0.250. The third kappa shape index (κ3) is 2.45. The zero-order valence-electron chi connectivity index (χ0n) is 9.80. The highest BCUT2D eigenvalue weighted by Crippen LogP contribution is 2.34. The average Bonchev–Trinajstić information content (AvgIpc) is 2.65. The van der Waals surface area contributed by atoms with Gasteiger partial charge >= 0.3 is 0 Å². The number of nitrogens with two attached hydrogens (primary N) is 1. The number of hydrogen-bond donors (Lipinski definition) is 1. The van der Waals surface area contributed by atoms with E-state index in [0.717, 1.165) is 15.6 Å². The number of rotatable bonds is 2. The highest BCUT2D eigenvalue weighted by molar-refractivity contribution is 9.10. The lowest BCUT2D eigenvalue weighted by atomic mass is 10.0. The second-order valence-electron chi connectivity index (χ2n) is 3.92. The third-order valence-corrected chi connectivity index (χ3v) is 5.04. The van der Waals surface area contributed by atoms with Gasteiger partial charge in [0, 0.05) is 14.9 Å². The molecule has 18 heavy (non-hydrogen) atoms. The molecule has 1 aromatic heterocycles. The van der Waals surface area contributed by atoms with Gasteiger partial charge in [0.05, 0.1) is 21.8 Å². The SMILES string of the molecule is Cc1nc(C)c(C(N)c2ccc(Br)c(Cl)c2F)s1. The van der Waals surface area contributed by atoms with Crippen LogP contribution < -0.4 is 5.73 Å². The van der Waals surface area contributed by atoms with Crippen LogP contribution in [0.1, 0.15) is 27.2 Å². The van der Waals surface area contributed by atoms with Crippen LogP contribution in [0.15, 0.2) is 16.6 Å². The zero-order chi connectivity index (χ0) is 13.4. The van der Waals surface area contributed by atoms with E-state index in [1.165, 1.54) is 11.3 Å². The Morgan fingerprint density at radius 3 is 2.67 bits per heavy atom. The first-order valence-corrected chi connectivity index (χ1v) is 7.23. The molecule has 0 amide bonds. The second kappa shape index (κ2) is 5.25. The number of aromatic nitrogens is 1. The van der Waals surface area contributed by atoms with Crippen LogP contribution in [0, 0.1) is 19.7 Å². The smallest absolute Gasteiger partial charge is 0.148 e. The van der Waals surface area contributed by atoms with Gasteiger partial charge in [0.2, 0.25) is 0 Å². The number of thiazole rings is 1. The predicted octanol–water partition coefficient (Wildman–Crippen LogP) is 4.36. The van der Waals surface area contributed by atoms with E-state index in [1.807, 2.05) is 13.8 Å². The maximum absolute atomic E-state index is 14.1. The summed E-state index contributed by atoms with van der Waals surface area (Å²) in [6.07, 6.45) is 0. The molecule has 96 valence electrons. The topological polar surface area (TPSA) is 38.9 Å². The molecule has 6 heteroatoms. The van der Waals surface area contributed by atoms with E-state index < -0.39 is 11.9 Å². The molecule has 2 rings (SSSR count). The normalized spacial score (nSPS) is 12.8. The molecule has 0 radical (unpaired) electrons. The summed E-state index contributed by atoms with van der Waals surface area (Å²) < 4.78 is 14.6. The minimum Gasteiger partial charge on any atom is -0.319 e. The largest absolute Gasteiger partial charge is 0.319 e. The molecule has 0 spiro atoms. The maximum Gasteiger partial charge on any atom is 0.148 e. The highest BCUT2D eigenvalue weighted by atomic mass is 79.9. The molecule has 1 aromatic carbocycles. The van der Waals surface area contributed by atoms with Gasteiger partial charge in [-0.2, -0.15) is 0 Å². The average molecular weight is 350 g/mol. The third-order valence-electron chi connectivity index (χ3n) is 2.62. The van der Waals surface area contributed by atoms with Gasteiger partial charge in [0.25, 0.3) is 0 Å². The highest BCUT2D eigenvalue weighted by Gasteiger charge is 2.21. The lowest BCUT2D eigenvalue weighted by molar-refractivity contribution is 0.600. The van der Waals surface area contributed by atoms with Crippen molar-refractivity contribution in [1.29, 1.82) is 0 Å². The van der Waals surface area contributed by atoms with E-state index in [9.17, 15) is 4.39 Å². The summed E-state index contributed by atoms with van der Waals surface area (Å²) >= 11 is 10.5. The van der Waals surface area contributed by atoms with Crippen molar-refractivity contribution < 1.29 is 4.39 Å². The number of benzene rings is 1. The first-order valence-electron chi connectivity index (χ1n) is 5.24. The Morgan fingerprint density at radius 2 is 2.11 bits per heavy atom. The molecule has 0 aliphatic heterocycles. The molecule has 2 N–H and O–H groups in total. The number of hydrogen-bond acceptors (Lipinski definition) is 3. The summed E-state index contributed by atoms with van der Waals surface area (Å²) in [5.41, 5.74) is 7.33. The summed E-state index contributed by atoms with van der Waals surface area (Å²) in [6.45, 7) is 3.77. The monoisotopic (exact) mass is 348 g/mol. The van der Waals surface area contributed by atoms with Crippen molar-refractivity contribution in [2.75, 3.05) is 0 Å². The molecule has 0 bridgehead atoms. The van der Waals surface area contributed by atoms with Gasteiger partial charge in [-0.15, -0.1) is 11.3 Å². The molecule has 1 unspecified atom stereocenters. The molecule has 0 fully saturated rings. The van der Waals surface area contributed by atoms with Crippen LogP contribution in [0.2, 0.25) is 5.02 Å². The maximum atomic E-state index is 14.1. The van der Waals surface area contributed by atoms with Crippen molar-refractivity contribution in [3.63, 3.8) is 0 Å². The van der Waals surface area contributed by atoms with Gasteiger partial charge in [-0.1, -0.05) is 17.7 Å².